The highest BCUT2D eigenvalue weighted by Crippen LogP contribution is 2.24. The van der Waals surface area contributed by atoms with Crippen LogP contribution in [0.15, 0.2) is 22.9 Å². The van der Waals surface area contributed by atoms with Crippen LogP contribution in [0.1, 0.15) is 37.0 Å². The van der Waals surface area contributed by atoms with Gasteiger partial charge in [-0.15, -0.1) is 0 Å². The summed E-state index contributed by atoms with van der Waals surface area (Å²) >= 11 is 3.10. The molecule has 0 unspecified atom stereocenters. The lowest BCUT2D eigenvalue weighted by Crippen LogP contribution is -2.45. The second-order valence-corrected chi connectivity index (χ2v) is 5.11. The normalized spacial score (nSPS) is 11.8. The van der Waals surface area contributed by atoms with Crippen LogP contribution in [0.3, 0.4) is 0 Å². The highest BCUT2D eigenvalue weighted by atomic mass is 79.9. The van der Waals surface area contributed by atoms with Gasteiger partial charge in [-0.25, -0.2) is 4.98 Å². The van der Waals surface area contributed by atoms with Gasteiger partial charge in [-0.1, -0.05) is 13.8 Å². The Labute approximate surface area is 124 Å². The van der Waals surface area contributed by atoms with Crippen LogP contribution in [0.2, 0.25) is 0 Å². The molecular formula is C13H16BrF3N2O. The number of carbonyl (C=O) groups is 1. The molecule has 0 spiro atoms. The maximum atomic E-state index is 12.7. The average molecular weight is 353 g/mol. The molecule has 0 saturated heterocycles. The Morgan fingerprint density at radius 3 is 2.45 bits per heavy atom. The van der Waals surface area contributed by atoms with Gasteiger partial charge in [0.05, 0.1) is 5.56 Å². The monoisotopic (exact) mass is 352 g/mol. The van der Waals surface area contributed by atoms with Crippen molar-refractivity contribution in [3.8, 4) is 0 Å². The zero-order chi connectivity index (χ0) is 15.3. The zero-order valence-corrected chi connectivity index (χ0v) is 12.8. The summed E-state index contributed by atoms with van der Waals surface area (Å²) in [6.45, 7) is 2.28. The lowest BCUT2D eigenvalue weighted by molar-refractivity contribution is -0.144. The summed E-state index contributed by atoms with van der Waals surface area (Å²) in [6, 6.07) is 2.54. The van der Waals surface area contributed by atoms with E-state index < -0.39 is 24.7 Å². The third kappa shape index (κ3) is 4.47. The molecule has 0 radical (unpaired) electrons. The van der Waals surface area contributed by atoms with Crippen molar-refractivity contribution in [2.24, 2.45) is 0 Å². The molecule has 3 nitrogen and oxygen atoms in total. The van der Waals surface area contributed by atoms with Crippen molar-refractivity contribution in [3.05, 3.63) is 28.5 Å². The van der Waals surface area contributed by atoms with Gasteiger partial charge in [-0.05, 0) is 40.9 Å². The Hall–Kier alpha value is -1.11. The van der Waals surface area contributed by atoms with Crippen LogP contribution in [0, 0.1) is 0 Å². The number of pyridine rings is 1. The molecule has 1 aromatic rings. The molecule has 0 N–H and O–H groups in total. The zero-order valence-electron chi connectivity index (χ0n) is 11.2. The molecule has 0 aliphatic rings. The molecule has 0 saturated carbocycles. The molecule has 0 aromatic carbocycles. The number of amides is 1. The summed E-state index contributed by atoms with van der Waals surface area (Å²) in [5.41, 5.74) is 0.142. The molecule has 1 heterocycles. The van der Waals surface area contributed by atoms with E-state index in [-0.39, 0.29) is 10.2 Å². The van der Waals surface area contributed by atoms with Crippen LogP contribution in [-0.4, -0.2) is 34.6 Å². The molecule has 1 rings (SSSR count). The molecule has 0 aliphatic heterocycles. The van der Waals surface area contributed by atoms with Crippen LogP contribution in [0.25, 0.3) is 0 Å². The van der Waals surface area contributed by atoms with Gasteiger partial charge in [0.15, 0.2) is 0 Å². The van der Waals surface area contributed by atoms with E-state index in [0.717, 1.165) is 4.90 Å². The smallest absolute Gasteiger partial charge is 0.326 e. The number of rotatable bonds is 5. The molecule has 7 heteroatoms. The highest BCUT2D eigenvalue weighted by Gasteiger charge is 2.36. The van der Waals surface area contributed by atoms with Gasteiger partial charge in [0.1, 0.15) is 11.1 Å². The fraction of sp³-hybridized carbons (Fsp3) is 0.538. The SMILES string of the molecule is CCC(CC)N(CC(F)(F)F)C(=O)c1cccnc1Br. The van der Waals surface area contributed by atoms with Crippen molar-refractivity contribution in [1.29, 1.82) is 0 Å². The Kier molecular flexibility index (Phi) is 5.98. The van der Waals surface area contributed by atoms with E-state index in [1.165, 1.54) is 18.3 Å². The van der Waals surface area contributed by atoms with Crippen molar-refractivity contribution in [2.75, 3.05) is 6.54 Å². The van der Waals surface area contributed by atoms with E-state index in [4.69, 9.17) is 0 Å². The van der Waals surface area contributed by atoms with Crippen LogP contribution in [0.4, 0.5) is 13.2 Å². The summed E-state index contributed by atoms with van der Waals surface area (Å²) in [5, 5.41) is 0. The van der Waals surface area contributed by atoms with Crippen molar-refractivity contribution in [2.45, 2.75) is 38.9 Å². The van der Waals surface area contributed by atoms with Crippen LogP contribution in [0.5, 0.6) is 0 Å². The molecule has 112 valence electrons. The van der Waals surface area contributed by atoms with E-state index >= 15 is 0 Å². The number of alkyl halides is 3. The number of halogens is 4. The van der Waals surface area contributed by atoms with Crippen molar-refractivity contribution in [1.82, 2.24) is 9.88 Å². The van der Waals surface area contributed by atoms with Gasteiger partial charge in [0.25, 0.3) is 5.91 Å². The predicted molar refractivity (Wildman–Crippen MR) is 73.4 cm³/mol. The first-order chi connectivity index (χ1) is 9.30. The Balaban J connectivity index is 3.10. The van der Waals surface area contributed by atoms with Crippen LogP contribution in [-0.2, 0) is 0 Å². The maximum absolute atomic E-state index is 12.7. The van der Waals surface area contributed by atoms with E-state index in [2.05, 4.69) is 20.9 Å². The first kappa shape index (κ1) is 16.9. The minimum absolute atomic E-state index is 0.142. The van der Waals surface area contributed by atoms with Crippen LogP contribution >= 0.6 is 15.9 Å². The highest BCUT2D eigenvalue weighted by molar-refractivity contribution is 9.10. The number of hydrogen-bond donors (Lipinski definition) is 0. The van der Waals surface area contributed by atoms with E-state index in [1.54, 1.807) is 13.8 Å². The van der Waals surface area contributed by atoms with Gasteiger partial charge in [0.2, 0.25) is 0 Å². The summed E-state index contributed by atoms with van der Waals surface area (Å²) < 4.78 is 38.3. The van der Waals surface area contributed by atoms with Gasteiger partial charge in [-0.3, -0.25) is 4.79 Å². The molecule has 1 amide bonds. The Morgan fingerprint density at radius 1 is 1.40 bits per heavy atom. The van der Waals surface area contributed by atoms with E-state index in [1.807, 2.05) is 0 Å². The second kappa shape index (κ2) is 7.06. The summed E-state index contributed by atoms with van der Waals surface area (Å²) in [5.74, 6) is -0.656. The molecular weight excluding hydrogens is 337 g/mol. The van der Waals surface area contributed by atoms with Gasteiger partial charge in [0, 0.05) is 12.2 Å². The molecule has 0 bridgehead atoms. The van der Waals surface area contributed by atoms with Gasteiger partial charge < -0.3 is 4.90 Å². The van der Waals surface area contributed by atoms with Crippen molar-refractivity contribution in [3.63, 3.8) is 0 Å². The first-order valence-corrected chi connectivity index (χ1v) is 7.07. The average Bonchev–Trinajstić information content (AvgIpc) is 2.37. The lowest BCUT2D eigenvalue weighted by Gasteiger charge is -2.31. The second-order valence-electron chi connectivity index (χ2n) is 4.36. The fourth-order valence-corrected chi connectivity index (χ4v) is 2.41. The van der Waals surface area contributed by atoms with Gasteiger partial charge >= 0.3 is 6.18 Å². The molecule has 0 fully saturated rings. The quantitative estimate of drug-likeness (QED) is 0.749. The number of hydrogen-bond acceptors (Lipinski definition) is 2. The third-order valence-corrected chi connectivity index (χ3v) is 3.62. The fourth-order valence-electron chi connectivity index (χ4n) is 1.99. The van der Waals surface area contributed by atoms with E-state index in [0.29, 0.717) is 12.8 Å². The largest absolute Gasteiger partial charge is 0.406 e. The number of aromatic nitrogens is 1. The maximum Gasteiger partial charge on any atom is 0.406 e. The summed E-state index contributed by atoms with van der Waals surface area (Å²) in [7, 11) is 0. The topological polar surface area (TPSA) is 33.2 Å². The number of nitrogens with zero attached hydrogens (tertiary/aromatic N) is 2. The number of carbonyl (C=O) groups excluding carboxylic acids is 1. The Bertz CT molecular complexity index is 461. The molecule has 1 aromatic heterocycles. The Morgan fingerprint density at radius 2 is 2.00 bits per heavy atom. The minimum atomic E-state index is -4.42. The van der Waals surface area contributed by atoms with Crippen molar-refractivity contribution >= 4 is 21.8 Å². The van der Waals surface area contributed by atoms with E-state index in [9.17, 15) is 18.0 Å². The van der Waals surface area contributed by atoms with Crippen molar-refractivity contribution < 1.29 is 18.0 Å². The minimum Gasteiger partial charge on any atom is -0.326 e. The van der Waals surface area contributed by atoms with Gasteiger partial charge in [-0.2, -0.15) is 13.2 Å². The lowest BCUT2D eigenvalue weighted by atomic mass is 10.1. The molecule has 20 heavy (non-hydrogen) atoms. The molecule has 0 aliphatic carbocycles. The third-order valence-electron chi connectivity index (χ3n) is 2.98. The standard InChI is InChI=1S/C13H16BrF3N2O/c1-3-9(4-2)19(8-13(15,16)17)12(20)10-6-5-7-18-11(10)14/h5-7,9H,3-4,8H2,1-2H3. The predicted octanol–water partition coefficient (Wildman–Crippen LogP) is 4.04. The summed E-state index contributed by atoms with van der Waals surface area (Å²) in [6.07, 6.45) is -2.02. The summed E-state index contributed by atoms with van der Waals surface area (Å²) in [4.78, 5) is 17.1. The van der Waals surface area contributed by atoms with Crippen LogP contribution < -0.4 is 0 Å². The molecule has 0 atom stereocenters. The first-order valence-electron chi connectivity index (χ1n) is 6.28.